The van der Waals surface area contributed by atoms with Gasteiger partial charge in [0.2, 0.25) is 0 Å². The van der Waals surface area contributed by atoms with Crippen molar-refractivity contribution in [1.29, 1.82) is 0 Å². The fourth-order valence-corrected chi connectivity index (χ4v) is 3.38. The third-order valence-electron chi connectivity index (χ3n) is 4.73. The normalized spacial score (nSPS) is 24.0. The molecule has 0 atom stereocenters. The van der Waals surface area contributed by atoms with Crippen LogP contribution in [0, 0.1) is 0 Å². The highest BCUT2D eigenvalue weighted by molar-refractivity contribution is 5.84. The largest absolute Gasteiger partial charge is 0.467 e. The molecule has 1 aromatic heterocycles. The van der Waals surface area contributed by atoms with E-state index in [1.807, 2.05) is 0 Å². The molecule has 24 heavy (non-hydrogen) atoms. The highest BCUT2D eigenvalue weighted by Gasteiger charge is 2.41. The molecule has 0 unspecified atom stereocenters. The first-order chi connectivity index (χ1) is 11.6. The maximum absolute atomic E-state index is 11.0. The molecule has 3 heterocycles. The van der Waals surface area contributed by atoms with Crippen LogP contribution in [0.15, 0.2) is 6.20 Å². The Labute approximate surface area is 138 Å². The lowest BCUT2D eigenvalue weighted by molar-refractivity contribution is -0.181. The van der Waals surface area contributed by atoms with E-state index >= 15 is 0 Å². The van der Waals surface area contributed by atoms with E-state index in [2.05, 4.69) is 10.4 Å². The van der Waals surface area contributed by atoms with Gasteiger partial charge in [-0.25, -0.2) is 4.79 Å². The van der Waals surface area contributed by atoms with Crippen molar-refractivity contribution in [2.24, 2.45) is 0 Å². The number of nitrogens with one attached hydrogen (secondary N) is 1. The Kier molecular flexibility index (Phi) is 4.07. The number of rotatable bonds is 4. The molecule has 2 saturated heterocycles. The topological polar surface area (TPSA) is 104 Å². The van der Waals surface area contributed by atoms with Crippen molar-refractivity contribution >= 4 is 11.8 Å². The quantitative estimate of drug-likeness (QED) is 0.858. The van der Waals surface area contributed by atoms with Crippen molar-refractivity contribution in [1.82, 2.24) is 9.78 Å². The first kappa shape index (κ1) is 15.7. The minimum absolute atomic E-state index is 0.0717. The van der Waals surface area contributed by atoms with E-state index in [0.29, 0.717) is 38.0 Å². The Balaban J connectivity index is 1.47. The smallest absolute Gasteiger partial charge is 0.409 e. The molecule has 1 spiro atoms. The SMILES string of the molecule is O=C(O)Nc1cn(C2CCC3(CC2)OCCO3)nc1OC1COC1. The van der Waals surface area contributed by atoms with E-state index in [-0.39, 0.29) is 12.1 Å². The van der Waals surface area contributed by atoms with Gasteiger partial charge in [-0.2, -0.15) is 0 Å². The molecule has 1 aromatic rings. The van der Waals surface area contributed by atoms with Gasteiger partial charge < -0.3 is 24.1 Å². The number of nitrogens with zero attached hydrogens (tertiary/aromatic N) is 2. The predicted octanol–water partition coefficient (Wildman–Crippen LogP) is 1.61. The average Bonchev–Trinajstić information content (AvgIpc) is 3.11. The lowest BCUT2D eigenvalue weighted by Crippen LogP contribution is -2.39. The van der Waals surface area contributed by atoms with Crippen molar-refractivity contribution in [3.8, 4) is 5.88 Å². The van der Waals surface area contributed by atoms with Crippen LogP contribution in [0.1, 0.15) is 31.7 Å². The van der Waals surface area contributed by atoms with Crippen LogP contribution in [0.5, 0.6) is 5.88 Å². The van der Waals surface area contributed by atoms with E-state index in [1.165, 1.54) is 0 Å². The Morgan fingerprint density at radius 3 is 2.62 bits per heavy atom. The first-order valence-corrected chi connectivity index (χ1v) is 8.25. The van der Waals surface area contributed by atoms with Crippen LogP contribution >= 0.6 is 0 Å². The summed E-state index contributed by atoms with van der Waals surface area (Å²) >= 11 is 0. The van der Waals surface area contributed by atoms with E-state index in [1.54, 1.807) is 10.9 Å². The molecule has 9 heteroatoms. The van der Waals surface area contributed by atoms with Crippen LogP contribution in [-0.2, 0) is 14.2 Å². The second kappa shape index (κ2) is 6.23. The number of hydrogen-bond acceptors (Lipinski definition) is 6. The van der Waals surface area contributed by atoms with Gasteiger partial charge in [-0.1, -0.05) is 0 Å². The van der Waals surface area contributed by atoms with E-state index in [0.717, 1.165) is 25.7 Å². The summed E-state index contributed by atoms with van der Waals surface area (Å²) in [6.07, 6.45) is 3.83. The van der Waals surface area contributed by atoms with Crippen LogP contribution in [0.2, 0.25) is 0 Å². The van der Waals surface area contributed by atoms with Crippen LogP contribution in [0.4, 0.5) is 10.5 Å². The molecule has 1 aliphatic carbocycles. The molecule has 2 aliphatic heterocycles. The fourth-order valence-electron chi connectivity index (χ4n) is 3.38. The maximum Gasteiger partial charge on any atom is 0.409 e. The standard InChI is InChI=1S/C15H21N3O6/c19-14(20)16-12-7-18(17-13(12)24-11-8-21-9-11)10-1-3-15(4-2-10)22-5-6-23-15/h7,10-11,16H,1-6,8-9H2,(H,19,20). The molecule has 1 saturated carbocycles. The van der Waals surface area contributed by atoms with Gasteiger partial charge in [0.05, 0.1) is 38.7 Å². The zero-order valence-electron chi connectivity index (χ0n) is 13.3. The van der Waals surface area contributed by atoms with Crippen LogP contribution in [0.3, 0.4) is 0 Å². The molecular formula is C15H21N3O6. The summed E-state index contributed by atoms with van der Waals surface area (Å²) in [6, 6.07) is 0.174. The number of carbonyl (C=O) groups is 1. The summed E-state index contributed by atoms with van der Waals surface area (Å²) < 4.78 is 24.1. The Hall–Kier alpha value is -1.84. The van der Waals surface area contributed by atoms with E-state index in [4.69, 9.17) is 24.1 Å². The third-order valence-corrected chi connectivity index (χ3v) is 4.73. The number of carboxylic acid groups (broad SMARTS) is 1. The molecular weight excluding hydrogens is 318 g/mol. The van der Waals surface area contributed by atoms with Gasteiger partial charge in [0.15, 0.2) is 5.79 Å². The average molecular weight is 339 g/mol. The molecule has 0 aromatic carbocycles. The summed E-state index contributed by atoms with van der Waals surface area (Å²) in [6.45, 7) is 2.31. The molecule has 0 bridgehead atoms. The minimum Gasteiger partial charge on any atom is -0.467 e. The van der Waals surface area contributed by atoms with Gasteiger partial charge in [-0.05, 0) is 12.8 Å². The predicted molar refractivity (Wildman–Crippen MR) is 81.2 cm³/mol. The van der Waals surface area contributed by atoms with Gasteiger partial charge in [-0.15, -0.1) is 5.10 Å². The summed E-state index contributed by atoms with van der Waals surface area (Å²) in [5.74, 6) is -0.117. The van der Waals surface area contributed by atoms with E-state index in [9.17, 15) is 4.79 Å². The number of aromatic nitrogens is 2. The molecule has 2 N–H and O–H groups in total. The van der Waals surface area contributed by atoms with Crippen molar-refractivity contribution < 1.29 is 28.8 Å². The highest BCUT2D eigenvalue weighted by atomic mass is 16.7. The summed E-state index contributed by atoms with van der Waals surface area (Å²) in [7, 11) is 0. The van der Waals surface area contributed by atoms with Crippen LogP contribution in [0.25, 0.3) is 0 Å². The Morgan fingerprint density at radius 2 is 2.04 bits per heavy atom. The van der Waals surface area contributed by atoms with Crippen molar-refractivity contribution in [3.63, 3.8) is 0 Å². The van der Waals surface area contributed by atoms with Crippen LogP contribution < -0.4 is 10.1 Å². The Bertz CT molecular complexity index is 598. The number of ether oxygens (including phenoxy) is 4. The van der Waals surface area contributed by atoms with Gasteiger partial charge in [0, 0.05) is 12.8 Å². The maximum atomic E-state index is 11.0. The van der Waals surface area contributed by atoms with Gasteiger partial charge >= 0.3 is 6.09 Å². The highest BCUT2D eigenvalue weighted by Crippen LogP contribution is 2.41. The fraction of sp³-hybridized carbons (Fsp3) is 0.733. The zero-order valence-corrected chi connectivity index (χ0v) is 13.3. The zero-order chi connectivity index (χ0) is 16.6. The van der Waals surface area contributed by atoms with Crippen LogP contribution in [-0.4, -0.2) is 59.3 Å². The second-order valence-electron chi connectivity index (χ2n) is 6.37. The third kappa shape index (κ3) is 3.06. The lowest BCUT2D eigenvalue weighted by Gasteiger charge is -2.35. The monoisotopic (exact) mass is 339 g/mol. The van der Waals surface area contributed by atoms with E-state index < -0.39 is 11.9 Å². The first-order valence-electron chi connectivity index (χ1n) is 8.25. The van der Waals surface area contributed by atoms with Crippen molar-refractivity contribution in [2.45, 2.75) is 43.6 Å². The molecule has 132 valence electrons. The summed E-state index contributed by atoms with van der Waals surface area (Å²) in [5.41, 5.74) is 0.364. The summed E-state index contributed by atoms with van der Waals surface area (Å²) in [4.78, 5) is 11.0. The lowest BCUT2D eigenvalue weighted by atomic mass is 9.90. The molecule has 0 radical (unpaired) electrons. The van der Waals surface area contributed by atoms with Gasteiger partial charge in [0.1, 0.15) is 11.8 Å². The molecule has 3 fully saturated rings. The minimum atomic E-state index is -1.14. The second-order valence-corrected chi connectivity index (χ2v) is 6.37. The van der Waals surface area contributed by atoms with Crippen molar-refractivity contribution in [2.75, 3.05) is 31.7 Å². The Morgan fingerprint density at radius 1 is 1.33 bits per heavy atom. The number of hydrogen-bond donors (Lipinski definition) is 2. The molecule has 3 aliphatic rings. The van der Waals surface area contributed by atoms with Gasteiger partial charge in [0.25, 0.3) is 5.88 Å². The molecule has 4 rings (SSSR count). The summed E-state index contributed by atoms with van der Waals surface area (Å²) in [5, 5.41) is 15.8. The number of anilines is 1. The van der Waals surface area contributed by atoms with Gasteiger partial charge in [-0.3, -0.25) is 10.00 Å². The van der Waals surface area contributed by atoms with Crippen molar-refractivity contribution in [3.05, 3.63) is 6.20 Å². The number of amides is 1. The molecule has 1 amide bonds. The molecule has 9 nitrogen and oxygen atoms in total.